The van der Waals surface area contributed by atoms with Gasteiger partial charge in [-0.1, -0.05) is 24.3 Å². The third kappa shape index (κ3) is 2.55. The molecule has 0 amide bonds. The molecule has 2 heteroatoms. The van der Waals surface area contributed by atoms with Crippen LogP contribution in [0.5, 0.6) is 0 Å². The Morgan fingerprint density at radius 2 is 1.85 bits per heavy atom. The highest BCUT2D eigenvalue weighted by Crippen LogP contribution is 2.27. The summed E-state index contributed by atoms with van der Waals surface area (Å²) >= 11 is 0. The Kier molecular flexibility index (Phi) is 3.47. The molecule has 1 atom stereocenters. The molecule has 0 bridgehead atoms. The van der Waals surface area contributed by atoms with Gasteiger partial charge in [-0.25, -0.2) is 4.39 Å². The van der Waals surface area contributed by atoms with Crippen molar-refractivity contribution >= 4 is 5.69 Å². The second-order valence-corrected chi connectivity index (χ2v) is 5.71. The standard InChI is InChI=1S/C18H20FN/c1-12-6-9-17(11-18(12)19)20-13(2)15-8-7-14-4-3-5-16(14)10-15/h6-11,13,20H,3-5H2,1-2H3. The molecule has 0 radical (unpaired) electrons. The van der Waals surface area contributed by atoms with Gasteiger partial charge in [0, 0.05) is 11.7 Å². The van der Waals surface area contributed by atoms with E-state index in [-0.39, 0.29) is 11.9 Å². The van der Waals surface area contributed by atoms with Gasteiger partial charge >= 0.3 is 0 Å². The fourth-order valence-electron chi connectivity index (χ4n) is 2.88. The number of nitrogens with one attached hydrogen (secondary N) is 1. The predicted octanol–water partition coefficient (Wildman–Crippen LogP) is 4.80. The normalized spacial score (nSPS) is 14.9. The van der Waals surface area contributed by atoms with E-state index in [0.29, 0.717) is 5.56 Å². The molecular weight excluding hydrogens is 249 g/mol. The summed E-state index contributed by atoms with van der Waals surface area (Å²) in [5, 5.41) is 3.38. The number of aryl methyl sites for hydroxylation is 3. The Labute approximate surface area is 119 Å². The van der Waals surface area contributed by atoms with Crippen molar-refractivity contribution in [1.82, 2.24) is 0 Å². The molecule has 3 rings (SSSR count). The first-order valence-electron chi connectivity index (χ1n) is 7.28. The Balaban J connectivity index is 1.78. The molecule has 2 aromatic rings. The Morgan fingerprint density at radius 3 is 2.65 bits per heavy atom. The highest BCUT2D eigenvalue weighted by Gasteiger charge is 2.13. The van der Waals surface area contributed by atoms with Gasteiger partial charge in [0.1, 0.15) is 5.82 Å². The molecule has 0 fully saturated rings. The molecule has 1 unspecified atom stereocenters. The van der Waals surface area contributed by atoms with Crippen molar-refractivity contribution in [3.63, 3.8) is 0 Å². The maximum atomic E-state index is 13.6. The second kappa shape index (κ2) is 5.28. The minimum atomic E-state index is -0.156. The highest BCUT2D eigenvalue weighted by molar-refractivity contribution is 5.48. The third-order valence-electron chi connectivity index (χ3n) is 4.18. The lowest BCUT2D eigenvalue weighted by molar-refractivity contribution is 0.618. The summed E-state index contributed by atoms with van der Waals surface area (Å²) in [7, 11) is 0. The van der Waals surface area contributed by atoms with E-state index in [4.69, 9.17) is 0 Å². The van der Waals surface area contributed by atoms with Crippen molar-refractivity contribution in [2.24, 2.45) is 0 Å². The van der Waals surface area contributed by atoms with Crippen LogP contribution in [0, 0.1) is 12.7 Å². The van der Waals surface area contributed by atoms with Crippen LogP contribution < -0.4 is 5.32 Å². The van der Waals surface area contributed by atoms with Gasteiger partial charge in [-0.3, -0.25) is 0 Å². The van der Waals surface area contributed by atoms with Crippen LogP contribution in [-0.2, 0) is 12.8 Å². The van der Waals surface area contributed by atoms with E-state index in [2.05, 4.69) is 30.4 Å². The first-order chi connectivity index (χ1) is 9.63. The summed E-state index contributed by atoms with van der Waals surface area (Å²) in [6, 6.07) is 12.2. The molecule has 0 spiro atoms. The summed E-state index contributed by atoms with van der Waals surface area (Å²) in [6.45, 7) is 3.90. The molecule has 1 aliphatic rings. The van der Waals surface area contributed by atoms with Gasteiger partial charge in [0.05, 0.1) is 0 Å². The molecule has 0 saturated carbocycles. The smallest absolute Gasteiger partial charge is 0.128 e. The molecular formula is C18H20FN. The van der Waals surface area contributed by atoms with E-state index < -0.39 is 0 Å². The summed E-state index contributed by atoms with van der Waals surface area (Å²) in [5.41, 5.74) is 5.75. The van der Waals surface area contributed by atoms with Gasteiger partial charge in [0.25, 0.3) is 0 Å². The van der Waals surface area contributed by atoms with Gasteiger partial charge < -0.3 is 5.32 Å². The van der Waals surface area contributed by atoms with Gasteiger partial charge in [0.15, 0.2) is 0 Å². The minimum absolute atomic E-state index is 0.156. The van der Waals surface area contributed by atoms with E-state index >= 15 is 0 Å². The van der Waals surface area contributed by atoms with Gasteiger partial charge in [-0.2, -0.15) is 0 Å². The molecule has 0 aliphatic heterocycles. The van der Waals surface area contributed by atoms with Crippen molar-refractivity contribution in [1.29, 1.82) is 0 Å². The van der Waals surface area contributed by atoms with Crippen LogP contribution in [0.4, 0.5) is 10.1 Å². The fourth-order valence-corrected chi connectivity index (χ4v) is 2.88. The predicted molar refractivity (Wildman–Crippen MR) is 81.6 cm³/mol. The molecule has 0 aromatic heterocycles. The van der Waals surface area contributed by atoms with E-state index in [1.165, 1.54) is 36.0 Å². The van der Waals surface area contributed by atoms with Gasteiger partial charge in [-0.05, 0) is 67.5 Å². The number of fused-ring (bicyclic) bond motifs is 1. The maximum Gasteiger partial charge on any atom is 0.128 e. The molecule has 1 nitrogen and oxygen atoms in total. The molecule has 20 heavy (non-hydrogen) atoms. The fraction of sp³-hybridized carbons (Fsp3) is 0.333. The Morgan fingerprint density at radius 1 is 1.05 bits per heavy atom. The Bertz CT molecular complexity index is 633. The molecule has 1 N–H and O–H groups in total. The number of hydrogen-bond acceptors (Lipinski definition) is 1. The SMILES string of the molecule is Cc1ccc(NC(C)c2ccc3c(c2)CCC3)cc1F. The van der Waals surface area contributed by atoms with Crippen LogP contribution in [0.2, 0.25) is 0 Å². The quantitative estimate of drug-likeness (QED) is 0.844. The number of halogens is 1. The first-order valence-corrected chi connectivity index (χ1v) is 7.28. The summed E-state index contributed by atoms with van der Waals surface area (Å²) in [4.78, 5) is 0. The Hall–Kier alpha value is -1.83. The van der Waals surface area contributed by atoms with Crippen molar-refractivity contribution < 1.29 is 4.39 Å². The van der Waals surface area contributed by atoms with E-state index in [0.717, 1.165) is 5.69 Å². The first kappa shape index (κ1) is 13.2. The summed E-state index contributed by atoms with van der Waals surface area (Å²) in [6.07, 6.45) is 3.67. The van der Waals surface area contributed by atoms with Crippen molar-refractivity contribution in [2.75, 3.05) is 5.32 Å². The number of anilines is 1. The molecule has 2 aromatic carbocycles. The molecule has 104 valence electrons. The largest absolute Gasteiger partial charge is 0.378 e. The summed E-state index contributed by atoms with van der Waals surface area (Å²) < 4.78 is 13.6. The van der Waals surface area contributed by atoms with Crippen molar-refractivity contribution in [2.45, 2.75) is 39.2 Å². The van der Waals surface area contributed by atoms with Crippen LogP contribution >= 0.6 is 0 Å². The van der Waals surface area contributed by atoms with Crippen molar-refractivity contribution in [3.05, 3.63) is 64.5 Å². The average Bonchev–Trinajstić information content (AvgIpc) is 2.90. The van der Waals surface area contributed by atoms with Gasteiger partial charge in [-0.15, -0.1) is 0 Å². The summed E-state index contributed by atoms with van der Waals surface area (Å²) in [5.74, 6) is -0.156. The lowest BCUT2D eigenvalue weighted by atomic mass is 10.0. The number of hydrogen-bond donors (Lipinski definition) is 1. The van der Waals surface area contributed by atoms with Crippen LogP contribution in [0.25, 0.3) is 0 Å². The third-order valence-corrected chi connectivity index (χ3v) is 4.18. The number of rotatable bonds is 3. The molecule has 0 heterocycles. The number of benzene rings is 2. The van der Waals surface area contributed by atoms with Gasteiger partial charge in [0.2, 0.25) is 0 Å². The zero-order chi connectivity index (χ0) is 14.1. The van der Waals surface area contributed by atoms with Crippen LogP contribution in [0.3, 0.4) is 0 Å². The molecule has 0 saturated heterocycles. The van der Waals surface area contributed by atoms with E-state index in [9.17, 15) is 4.39 Å². The minimum Gasteiger partial charge on any atom is -0.378 e. The average molecular weight is 269 g/mol. The zero-order valence-electron chi connectivity index (χ0n) is 12.0. The van der Waals surface area contributed by atoms with Crippen LogP contribution in [0.15, 0.2) is 36.4 Å². The monoisotopic (exact) mass is 269 g/mol. The van der Waals surface area contributed by atoms with Crippen LogP contribution in [-0.4, -0.2) is 0 Å². The molecule has 1 aliphatic carbocycles. The highest BCUT2D eigenvalue weighted by atomic mass is 19.1. The van der Waals surface area contributed by atoms with E-state index in [1.807, 2.05) is 12.1 Å². The topological polar surface area (TPSA) is 12.0 Å². The van der Waals surface area contributed by atoms with E-state index in [1.54, 1.807) is 13.0 Å². The zero-order valence-corrected chi connectivity index (χ0v) is 12.0. The van der Waals surface area contributed by atoms with Crippen LogP contribution in [0.1, 0.15) is 41.6 Å². The maximum absolute atomic E-state index is 13.6. The lowest BCUT2D eigenvalue weighted by Crippen LogP contribution is -2.07. The van der Waals surface area contributed by atoms with Crippen molar-refractivity contribution in [3.8, 4) is 0 Å². The lowest BCUT2D eigenvalue weighted by Gasteiger charge is -2.17. The second-order valence-electron chi connectivity index (χ2n) is 5.71.